The van der Waals surface area contributed by atoms with Gasteiger partial charge >= 0.3 is 0 Å². The number of nitrogens with one attached hydrogen (secondary N) is 1. The van der Waals surface area contributed by atoms with Crippen LogP contribution in [0.2, 0.25) is 0 Å². The summed E-state index contributed by atoms with van der Waals surface area (Å²) in [5.41, 5.74) is 3.54. The Kier molecular flexibility index (Phi) is 8.97. The van der Waals surface area contributed by atoms with Gasteiger partial charge in [0.1, 0.15) is 11.9 Å². The topological polar surface area (TPSA) is 49.4 Å². The van der Waals surface area contributed by atoms with Crippen LogP contribution in [0.15, 0.2) is 78.9 Å². The molecule has 0 saturated carbocycles. The summed E-state index contributed by atoms with van der Waals surface area (Å²) in [6.45, 7) is 5.82. The summed E-state index contributed by atoms with van der Waals surface area (Å²) in [6, 6.07) is 23.2. The van der Waals surface area contributed by atoms with Crippen LogP contribution in [0, 0.1) is 12.7 Å². The summed E-state index contributed by atoms with van der Waals surface area (Å²) in [6.07, 6.45) is 1.14. The third-order valence-corrected chi connectivity index (χ3v) is 5.75. The SMILES string of the molecule is Cc1ccc(CCC(=O)N(Cc2ccccc2F)[C@H](Cc2ccccc2)C(=O)NC(C)C)cc1. The van der Waals surface area contributed by atoms with Gasteiger partial charge in [-0.15, -0.1) is 0 Å². The quantitative estimate of drug-likeness (QED) is 0.450. The van der Waals surface area contributed by atoms with Gasteiger partial charge in [0.05, 0.1) is 0 Å². The van der Waals surface area contributed by atoms with Gasteiger partial charge in [-0.25, -0.2) is 4.39 Å². The molecule has 5 heteroatoms. The molecule has 4 nitrogen and oxygen atoms in total. The van der Waals surface area contributed by atoms with E-state index in [0.29, 0.717) is 18.4 Å². The highest BCUT2D eigenvalue weighted by Gasteiger charge is 2.31. The molecule has 0 aliphatic heterocycles. The van der Waals surface area contributed by atoms with Crippen molar-refractivity contribution in [1.82, 2.24) is 10.2 Å². The fraction of sp³-hybridized carbons (Fsp3) is 0.310. The van der Waals surface area contributed by atoms with Gasteiger partial charge in [-0.3, -0.25) is 9.59 Å². The first kappa shape index (κ1) is 25.2. The smallest absolute Gasteiger partial charge is 0.243 e. The van der Waals surface area contributed by atoms with Crippen LogP contribution in [0.4, 0.5) is 4.39 Å². The number of hydrogen-bond acceptors (Lipinski definition) is 2. The first-order valence-electron chi connectivity index (χ1n) is 11.8. The van der Waals surface area contributed by atoms with E-state index in [-0.39, 0.29) is 36.6 Å². The molecule has 0 spiro atoms. The first-order valence-corrected chi connectivity index (χ1v) is 11.8. The van der Waals surface area contributed by atoms with E-state index >= 15 is 0 Å². The molecule has 34 heavy (non-hydrogen) atoms. The lowest BCUT2D eigenvalue weighted by molar-refractivity contribution is -0.141. The molecular weight excluding hydrogens is 427 g/mol. The molecule has 0 fully saturated rings. The molecule has 1 N–H and O–H groups in total. The van der Waals surface area contributed by atoms with Gasteiger partial charge in [0.15, 0.2) is 0 Å². The van der Waals surface area contributed by atoms with Gasteiger partial charge in [-0.05, 0) is 44.4 Å². The summed E-state index contributed by atoms with van der Waals surface area (Å²) in [7, 11) is 0. The van der Waals surface area contributed by atoms with E-state index in [2.05, 4.69) is 5.32 Å². The number of carbonyl (C=O) groups is 2. The van der Waals surface area contributed by atoms with E-state index in [1.807, 2.05) is 75.4 Å². The number of aryl methyl sites for hydroxylation is 2. The van der Waals surface area contributed by atoms with Crippen LogP contribution in [-0.4, -0.2) is 28.8 Å². The third kappa shape index (κ3) is 7.27. The molecule has 3 aromatic rings. The summed E-state index contributed by atoms with van der Waals surface area (Å²) in [5, 5.41) is 2.95. The van der Waals surface area contributed by atoms with Crippen molar-refractivity contribution in [1.29, 1.82) is 0 Å². The number of rotatable bonds is 10. The molecule has 0 heterocycles. The van der Waals surface area contributed by atoms with Crippen molar-refractivity contribution in [2.45, 2.75) is 58.7 Å². The maximum absolute atomic E-state index is 14.6. The van der Waals surface area contributed by atoms with Crippen molar-refractivity contribution >= 4 is 11.8 Å². The predicted octanol–water partition coefficient (Wildman–Crippen LogP) is 5.23. The van der Waals surface area contributed by atoms with Crippen LogP contribution in [0.1, 0.15) is 42.5 Å². The molecule has 178 valence electrons. The molecule has 3 aromatic carbocycles. The molecule has 0 aliphatic carbocycles. The Labute approximate surface area is 201 Å². The van der Waals surface area contributed by atoms with Gasteiger partial charge in [0, 0.05) is 31.0 Å². The maximum atomic E-state index is 14.6. The number of benzene rings is 3. The summed E-state index contributed by atoms with van der Waals surface area (Å²) in [4.78, 5) is 28.4. The van der Waals surface area contributed by atoms with E-state index in [1.54, 1.807) is 18.2 Å². The maximum Gasteiger partial charge on any atom is 0.243 e. The molecule has 3 rings (SSSR count). The fourth-order valence-electron chi connectivity index (χ4n) is 3.89. The standard InChI is InChI=1S/C29H33FN2O2/c1-21(2)31-29(34)27(19-24-9-5-4-6-10-24)32(20-25-11-7-8-12-26(25)30)28(33)18-17-23-15-13-22(3)14-16-23/h4-16,21,27H,17-20H2,1-3H3,(H,31,34)/t27-/m1/s1. The van der Waals surface area contributed by atoms with E-state index in [1.165, 1.54) is 11.0 Å². The lowest BCUT2D eigenvalue weighted by Crippen LogP contribution is -2.52. The Hall–Kier alpha value is -3.47. The average molecular weight is 461 g/mol. The molecular formula is C29H33FN2O2. The normalized spacial score (nSPS) is 11.8. The highest BCUT2D eigenvalue weighted by atomic mass is 19.1. The van der Waals surface area contributed by atoms with E-state index in [0.717, 1.165) is 16.7 Å². The lowest BCUT2D eigenvalue weighted by Gasteiger charge is -2.32. The lowest BCUT2D eigenvalue weighted by atomic mass is 10.0. The Morgan fingerprint density at radius 1 is 0.882 bits per heavy atom. The van der Waals surface area contributed by atoms with Crippen LogP contribution < -0.4 is 5.32 Å². The number of halogens is 1. The van der Waals surface area contributed by atoms with E-state index in [4.69, 9.17) is 0 Å². The van der Waals surface area contributed by atoms with Crippen molar-refractivity contribution in [3.05, 3.63) is 107 Å². The second-order valence-corrected chi connectivity index (χ2v) is 8.97. The van der Waals surface area contributed by atoms with Gasteiger partial charge in [0.25, 0.3) is 0 Å². The third-order valence-electron chi connectivity index (χ3n) is 5.75. The summed E-state index contributed by atoms with van der Waals surface area (Å²) < 4.78 is 14.6. The van der Waals surface area contributed by atoms with E-state index < -0.39 is 6.04 Å². The van der Waals surface area contributed by atoms with Gasteiger partial charge in [0.2, 0.25) is 11.8 Å². The zero-order valence-corrected chi connectivity index (χ0v) is 20.1. The van der Waals surface area contributed by atoms with Crippen molar-refractivity contribution < 1.29 is 14.0 Å². The van der Waals surface area contributed by atoms with Gasteiger partial charge in [-0.2, -0.15) is 0 Å². The zero-order valence-electron chi connectivity index (χ0n) is 20.1. The minimum atomic E-state index is -0.755. The number of carbonyl (C=O) groups excluding carboxylic acids is 2. The Balaban J connectivity index is 1.91. The average Bonchev–Trinajstić information content (AvgIpc) is 2.82. The number of hydrogen-bond donors (Lipinski definition) is 1. The van der Waals surface area contributed by atoms with Crippen molar-refractivity contribution in [2.24, 2.45) is 0 Å². The van der Waals surface area contributed by atoms with Crippen molar-refractivity contribution in [3.8, 4) is 0 Å². The largest absolute Gasteiger partial charge is 0.352 e. The molecule has 0 bridgehead atoms. The molecule has 0 aromatic heterocycles. The van der Waals surface area contributed by atoms with Gasteiger partial charge < -0.3 is 10.2 Å². The Morgan fingerprint density at radius 2 is 1.53 bits per heavy atom. The molecule has 0 radical (unpaired) electrons. The Morgan fingerprint density at radius 3 is 2.18 bits per heavy atom. The molecule has 2 amide bonds. The van der Waals surface area contributed by atoms with Crippen LogP contribution in [-0.2, 0) is 29.0 Å². The Bertz CT molecular complexity index is 1080. The van der Waals surface area contributed by atoms with Crippen LogP contribution >= 0.6 is 0 Å². The predicted molar refractivity (Wildman–Crippen MR) is 134 cm³/mol. The highest BCUT2D eigenvalue weighted by Crippen LogP contribution is 2.19. The summed E-state index contributed by atoms with van der Waals surface area (Å²) >= 11 is 0. The molecule has 1 atom stereocenters. The molecule has 0 unspecified atom stereocenters. The second-order valence-electron chi connectivity index (χ2n) is 8.97. The first-order chi connectivity index (χ1) is 16.3. The number of amides is 2. The van der Waals surface area contributed by atoms with Crippen LogP contribution in [0.5, 0.6) is 0 Å². The summed E-state index contributed by atoms with van der Waals surface area (Å²) in [5.74, 6) is -0.802. The van der Waals surface area contributed by atoms with Gasteiger partial charge in [-0.1, -0.05) is 78.4 Å². The van der Waals surface area contributed by atoms with Crippen LogP contribution in [0.25, 0.3) is 0 Å². The number of nitrogens with zero attached hydrogens (tertiary/aromatic N) is 1. The minimum absolute atomic E-state index is 0.0302. The van der Waals surface area contributed by atoms with Crippen molar-refractivity contribution in [3.63, 3.8) is 0 Å². The second kappa shape index (κ2) is 12.1. The zero-order chi connectivity index (χ0) is 24.5. The minimum Gasteiger partial charge on any atom is -0.352 e. The van der Waals surface area contributed by atoms with Crippen molar-refractivity contribution in [2.75, 3.05) is 0 Å². The van der Waals surface area contributed by atoms with Crippen LogP contribution in [0.3, 0.4) is 0 Å². The molecule has 0 saturated heterocycles. The fourth-order valence-corrected chi connectivity index (χ4v) is 3.89. The van der Waals surface area contributed by atoms with E-state index in [9.17, 15) is 14.0 Å². The highest BCUT2D eigenvalue weighted by molar-refractivity contribution is 5.88. The molecule has 0 aliphatic rings. The monoisotopic (exact) mass is 460 g/mol.